The van der Waals surface area contributed by atoms with Crippen LogP contribution in [0.1, 0.15) is 35.0 Å². The summed E-state index contributed by atoms with van der Waals surface area (Å²) in [6.07, 6.45) is 1.75. The number of rotatable bonds is 6. The largest absolute Gasteiger partial charge is 0.465 e. The zero-order valence-corrected chi connectivity index (χ0v) is 13.4. The van der Waals surface area contributed by atoms with Crippen molar-refractivity contribution in [2.45, 2.75) is 30.7 Å². The number of thioether (sulfide) groups is 1. The Bertz CT molecular complexity index is 695. The molecule has 116 valence electrons. The molecule has 0 saturated heterocycles. The van der Waals surface area contributed by atoms with Crippen LogP contribution in [-0.4, -0.2) is 23.0 Å². The Hall–Kier alpha value is -2.08. The van der Waals surface area contributed by atoms with Gasteiger partial charge in [-0.15, -0.1) is 0 Å². The summed E-state index contributed by atoms with van der Waals surface area (Å²) >= 11 is 1.46. The Morgan fingerprint density at radius 3 is 2.68 bits per heavy atom. The van der Waals surface area contributed by atoms with Gasteiger partial charge >= 0.3 is 5.97 Å². The van der Waals surface area contributed by atoms with Crippen LogP contribution in [0.5, 0.6) is 0 Å². The number of H-pyrrole nitrogens is 1. The molecule has 0 aliphatic heterocycles. The summed E-state index contributed by atoms with van der Waals surface area (Å²) < 4.78 is 4.66. The molecule has 0 atom stereocenters. The van der Waals surface area contributed by atoms with Gasteiger partial charge in [-0.1, -0.05) is 37.2 Å². The highest BCUT2D eigenvalue weighted by Gasteiger charge is 2.06. The van der Waals surface area contributed by atoms with Gasteiger partial charge in [-0.2, -0.15) is 0 Å². The molecule has 0 amide bonds. The van der Waals surface area contributed by atoms with E-state index in [1.165, 1.54) is 18.9 Å². The third kappa shape index (κ3) is 4.46. The topological polar surface area (TPSA) is 72.0 Å². The van der Waals surface area contributed by atoms with Crippen LogP contribution in [0.15, 0.2) is 40.3 Å². The molecular weight excluding hydrogens is 300 g/mol. The second-order valence-electron chi connectivity index (χ2n) is 4.77. The summed E-state index contributed by atoms with van der Waals surface area (Å²) in [6, 6.07) is 8.73. The third-order valence-corrected chi connectivity index (χ3v) is 3.97. The number of nitrogens with zero attached hydrogens (tertiary/aromatic N) is 1. The summed E-state index contributed by atoms with van der Waals surface area (Å²) in [7, 11) is 1.36. The number of hydrogen-bond donors (Lipinski definition) is 1. The lowest BCUT2D eigenvalue weighted by Gasteiger charge is -2.04. The second-order valence-corrected chi connectivity index (χ2v) is 5.73. The van der Waals surface area contributed by atoms with E-state index < -0.39 is 0 Å². The van der Waals surface area contributed by atoms with E-state index in [-0.39, 0.29) is 11.5 Å². The molecule has 0 aliphatic carbocycles. The van der Waals surface area contributed by atoms with Crippen LogP contribution in [0.2, 0.25) is 0 Å². The average molecular weight is 318 g/mol. The number of aromatic amines is 1. The van der Waals surface area contributed by atoms with E-state index in [1.54, 1.807) is 18.2 Å². The van der Waals surface area contributed by atoms with Gasteiger partial charge in [0.1, 0.15) is 0 Å². The van der Waals surface area contributed by atoms with Gasteiger partial charge in [0.2, 0.25) is 0 Å². The van der Waals surface area contributed by atoms with Gasteiger partial charge in [-0.05, 0) is 24.1 Å². The normalized spacial score (nSPS) is 10.5. The molecule has 1 aromatic carbocycles. The fraction of sp³-hybridized carbons (Fsp3) is 0.312. The van der Waals surface area contributed by atoms with E-state index in [2.05, 4.69) is 21.6 Å². The first-order valence-electron chi connectivity index (χ1n) is 7.02. The lowest BCUT2D eigenvalue weighted by molar-refractivity contribution is 0.0600. The summed E-state index contributed by atoms with van der Waals surface area (Å²) in [4.78, 5) is 30.1. The number of benzene rings is 1. The first-order chi connectivity index (χ1) is 10.6. The Kier molecular flexibility index (Phi) is 5.77. The van der Waals surface area contributed by atoms with Crippen LogP contribution in [-0.2, 0) is 16.9 Å². The standard InChI is InChI=1S/C16H18N2O3S/c1-3-4-13-9-14(19)18-16(17-13)22-10-11-5-7-12(8-6-11)15(20)21-2/h5-9H,3-4,10H2,1-2H3,(H,17,18,19). The van der Waals surface area contributed by atoms with Crippen molar-refractivity contribution in [2.24, 2.45) is 0 Å². The summed E-state index contributed by atoms with van der Waals surface area (Å²) in [6.45, 7) is 2.05. The zero-order valence-electron chi connectivity index (χ0n) is 12.6. The number of esters is 1. The van der Waals surface area contributed by atoms with E-state index >= 15 is 0 Å². The van der Waals surface area contributed by atoms with Crippen LogP contribution in [0.4, 0.5) is 0 Å². The quantitative estimate of drug-likeness (QED) is 0.504. The molecule has 5 nitrogen and oxygen atoms in total. The monoisotopic (exact) mass is 318 g/mol. The van der Waals surface area contributed by atoms with Crippen molar-refractivity contribution in [1.82, 2.24) is 9.97 Å². The van der Waals surface area contributed by atoms with Crippen LogP contribution in [0.25, 0.3) is 0 Å². The zero-order chi connectivity index (χ0) is 15.9. The molecule has 1 heterocycles. The van der Waals surface area contributed by atoms with Gasteiger partial charge in [0.15, 0.2) is 5.16 Å². The number of carbonyl (C=O) groups excluding carboxylic acids is 1. The molecule has 1 N–H and O–H groups in total. The van der Waals surface area contributed by atoms with Gasteiger partial charge in [-0.3, -0.25) is 4.79 Å². The van der Waals surface area contributed by atoms with Gasteiger partial charge in [0.25, 0.3) is 5.56 Å². The van der Waals surface area contributed by atoms with Crippen molar-refractivity contribution in [1.29, 1.82) is 0 Å². The molecule has 0 radical (unpaired) electrons. The summed E-state index contributed by atoms with van der Waals surface area (Å²) in [5, 5.41) is 0.619. The molecular formula is C16H18N2O3S. The minimum atomic E-state index is -0.350. The van der Waals surface area contributed by atoms with Crippen LogP contribution >= 0.6 is 11.8 Å². The lowest BCUT2D eigenvalue weighted by atomic mass is 10.1. The minimum Gasteiger partial charge on any atom is -0.465 e. The number of hydrogen-bond acceptors (Lipinski definition) is 5. The summed E-state index contributed by atoms with van der Waals surface area (Å²) in [5.74, 6) is 0.317. The van der Waals surface area contributed by atoms with E-state index in [0.717, 1.165) is 24.1 Å². The predicted octanol–water partition coefficient (Wildman–Crippen LogP) is 2.80. The fourth-order valence-corrected chi connectivity index (χ4v) is 2.79. The van der Waals surface area contributed by atoms with Crippen LogP contribution in [0.3, 0.4) is 0 Å². The Balaban J connectivity index is 2.03. The van der Waals surface area contributed by atoms with E-state index in [9.17, 15) is 9.59 Å². The maximum atomic E-state index is 11.6. The highest BCUT2D eigenvalue weighted by molar-refractivity contribution is 7.98. The van der Waals surface area contributed by atoms with Gasteiger partial charge < -0.3 is 9.72 Å². The third-order valence-electron chi connectivity index (χ3n) is 3.03. The molecule has 0 bridgehead atoms. The Morgan fingerprint density at radius 2 is 2.05 bits per heavy atom. The van der Waals surface area contributed by atoms with Gasteiger partial charge in [0, 0.05) is 17.5 Å². The van der Waals surface area contributed by atoms with Gasteiger partial charge in [-0.25, -0.2) is 9.78 Å². The molecule has 0 spiro atoms. The molecule has 0 fully saturated rings. The Morgan fingerprint density at radius 1 is 1.32 bits per heavy atom. The molecule has 2 rings (SSSR count). The Labute approximate surface area is 133 Å². The molecule has 2 aromatic rings. The van der Waals surface area contributed by atoms with E-state index in [4.69, 9.17) is 0 Å². The fourth-order valence-electron chi connectivity index (χ4n) is 1.94. The van der Waals surface area contributed by atoms with E-state index in [0.29, 0.717) is 16.5 Å². The van der Waals surface area contributed by atoms with Crippen LogP contribution < -0.4 is 5.56 Å². The first-order valence-corrected chi connectivity index (χ1v) is 8.01. The van der Waals surface area contributed by atoms with Crippen molar-refractivity contribution in [3.63, 3.8) is 0 Å². The van der Waals surface area contributed by atoms with Crippen molar-refractivity contribution < 1.29 is 9.53 Å². The SMILES string of the molecule is CCCc1cc(=O)[nH]c(SCc2ccc(C(=O)OC)cc2)n1. The second kappa shape index (κ2) is 7.79. The minimum absolute atomic E-state index is 0.123. The molecule has 0 unspecified atom stereocenters. The van der Waals surface area contributed by atoms with Crippen LogP contribution in [0, 0.1) is 0 Å². The molecule has 0 aliphatic rings. The predicted molar refractivity (Wildman–Crippen MR) is 86.2 cm³/mol. The van der Waals surface area contributed by atoms with E-state index in [1.807, 2.05) is 12.1 Å². The average Bonchev–Trinajstić information content (AvgIpc) is 2.52. The summed E-state index contributed by atoms with van der Waals surface area (Å²) in [5.41, 5.74) is 2.26. The van der Waals surface area contributed by atoms with Crippen molar-refractivity contribution >= 4 is 17.7 Å². The van der Waals surface area contributed by atoms with Crippen molar-refractivity contribution in [3.05, 3.63) is 57.5 Å². The number of ether oxygens (including phenoxy) is 1. The highest BCUT2D eigenvalue weighted by Crippen LogP contribution is 2.19. The highest BCUT2D eigenvalue weighted by atomic mass is 32.2. The van der Waals surface area contributed by atoms with Gasteiger partial charge in [0.05, 0.1) is 12.7 Å². The number of nitrogens with one attached hydrogen (secondary N) is 1. The number of aromatic nitrogens is 2. The van der Waals surface area contributed by atoms with Crippen molar-refractivity contribution in [3.8, 4) is 0 Å². The molecule has 1 aromatic heterocycles. The smallest absolute Gasteiger partial charge is 0.337 e. The first kappa shape index (κ1) is 16.3. The lowest BCUT2D eigenvalue weighted by Crippen LogP contribution is -2.10. The maximum absolute atomic E-state index is 11.6. The number of carbonyl (C=O) groups is 1. The number of methoxy groups -OCH3 is 1. The van der Waals surface area contributed by atoms with Crippen molar-refractivity contribution in [2.75, 3.05) is 7.11 Å². The maximum Gasteiger partial charge on any atom is 0.337 e. The molecule has 6 heteroatoms. The molecule has 0 saturated carbocycles. The number of aryl methyl sites for hydroxylation is 1. The molecule has 22 heavy (non-hydrogen) atoms.